The normalized spacial score (nSPS) is 11.4. The highest BCUT2D eigenvalue weighted by atomic mass is 19.4. The maximum absolute atomic E-state index is 11.9. The molecule has 96 valence electrons. The van der Waals surface area contributed by atoms with E-state index in [1.165, 1.54) is 6.07 Å². The molecule has 4 nitrogen and oxygen atoms in total. The maximum atomic E-state index is 11.9. The van der Waals surface area contributed by atoms with Crippen molar-refractivity contribution in [3.8, 4) is 5.88 Å². The SMILES string of the molecule is CCc1nc(NC)cc(OCCC(F)(F)F)n1. The Hall–Kier alpha value is -1.53. The van der Waals surface area contributed by atoms with Crippen molar-refractivity contribution in [1.82, 2.24) is 9.97 Å². The van der Waals surface area contributed by atoms with Crippen molar-refractivity contribution in [1.29, 1.82) is 0 Å². The maximum Gasteiger partial charge on any atom is 0.392 e. The Balaban J connectivity index is 2.64. The summed E-state index contributed by atoms with van der Waals surface area (Å²) in [5.74, 6) is 1.21. The lowest BCUT2D eigenvalue weighted by Crippen LogP contribution is -2.14. The number of hydrogen-bond donors (Lipinski definition) is 1. The van der Waals surface area contributed by atoms with Gasteiger partial charge in [0.25, 0.3) is 0 Å². The molecule has 0 bridgehead atoms. The second-order valence-electron chi connectivity index (χ2n) is 3.32. The van der Waals surface area contributed by atoms with Crippen LogP contribution >= 0.6 is 0 Å². The monoisotopic (exact) mass is 249 g/mol. The Morgan fingerprint density at radius 2 is 2.06 bits per heavy atom. The molecule has 1 heterocycles. The first-order chi connectivity index (χ1) is 7.94. The van der Waals surface area contributed by atoms with Crippen molar-refractivity contribution in [3.05, 3.63) is 11.9 Å². The van der Waals surface area contributed by atoms with E-state index >= 15 is 0 Å². The highest BCUT2D eigenvalue weighted by Gasteiger charge is 2.26. The Kier molecular flexibility index (Phi) is 4.53. The largest absolute Gasteiger partial charge is 0.477 e. The van der Waals surface area contributed by atoms with Crippen LogP contribution in [-0.2, 0) is 6.42 Å². The van der Waals surface area contributed by atoms with E-state index in [4.69, 9.17) is 4.74 Å². The molecule has 0 saturated heterocycles. The Morgan fingerprint density at radius 1 is 1.35 bits per heavy atom. The van der Waals surface area contributed by atoms with E-state index < -0.39 is 19.2 Å². The van der Waals surface area contributed by atoms with E-state index in [9.17, 15) is 13.2 Å². The van der Waals surface area contributed by atoms with Crippen LogP contribution in [-0.4, -0.2) is 29.8 Å². The molecule has 7 heteroatoms. The molecule has 0 aliphatic rings. The van der Waals surface area contributed by atoms with Gasteiger partial charge in [-0.1, -0.05) is 6.92 Å². The van der Waals surface area contributed by atoms with Gasteiger partial charge in [0.1, 0.15) is 11.6 Å². The number of aryl methyl sites for hydroxylation is 1. The summed E-state index contributed by atoms with van der Waals surface area (Å²) in [6.07, 6.45) is -4.62. The van der Waals surface area contributed by atoms with Crippen molar-refractivity contribution in [2.24, 2.45) is 0 Å². The molecule has 0 fully saturated rings. The standard InChI is InChI=1S/C10H14F3N3O/c1-3-7-15-8(14-2)6-9(16-7)17-5-4-10(11,12)13/h6H,3-5H2,1-2H3,(H,14,15,16). The molecule has 0 spiro atoms. The summed E-state index contributed by atoms with van der Waals surface area (Å²) in [4.78, 5) is 8.08. The van der Waals surface area contributed by atoms with E-state index in [0.29, 0.717) is 18.1 Å². The summed E-state index contributed by atoms with van der Waals surface area (Å²) in [6.45, 7) is 1.42. The van der Waals surface area contributed by atoms with Crippen LogP contribution < -0.4 is 10.1 Å². The summed E-state index contributed by atoms with van der Waals surface area (Å²) in [7, 11) is 1.67. The minimum Gasteiger partial charge on any atom is -0.477 e. The van der Waals surface area contributed by atoms with Gasteiger partial charge in [0.2, 0.25) is 5.88 Å². The number of nitrogens with zero attached hydrogens (tertiary/aromatic N) is 2. The Morgan fingerprint density at radius 3 is 2.59 bits per heavy atom. The Labute approximate surface area is 97.2 Å². The van der Waals surface area contributed by atoms with Gasteiger partial charge in [0, 0.05) is 19.5 Å². The van der Waals surface area contributed by atoms with Crippen LogP contribution in [0.4, 0.5) is 19.0 Å². The highest BCUT2D eigenvalue weighted by Crippen LogP contribution is 2.20. The predicted octanol–water partition coefficient (Wildman–Crippen LogP) is 2.41. The minimum absolute atomic E-state index is 0.158. The minimum atomic E-state index is -4.22. The lowest BCUT2D eigenvalue weighted by atomic mass is 10.4. The molecular formula is C10H14F3N3O. The van der Waals surface area contributed by atoms with Crippen LogP contribution in [0.1, 0.15) is 19.2 Å². The molecule has 17 heavy (non-hydrogen) atoms. The highest BCUT2D eigenvalue weighted by molar-refractivity contribution is 5.37. The van der Waals surface area contributed by atoms with E-state index in [1.54, 1.807) is 7.05 Å². The van der Waals surface area contributed by atoms with Crippen LogP contribution in [0.2, 0.25) is 0 Å². The first-order valence-corrected chi connectivity index (χ1v) is 5.20. The first kappa shape index (κ1) is 13.5. The molecule has 0 aromatic carbocycles. The van der Waals surface area contributed by atoms with Gasteiger partial charge in [-0.25, -0.2) is 4.98 Å². The van der Waals surface area contributed by atoms with Crippen LogP contribution in [0, 0.1) is 0 Å². The lowest BCUT2D eigenvalue weighted by molar-refractivity contribution is -0.139. The fourth-order valence-electron chi connectivity index (χ4n) is 1.10. The molecule has 0 amide bonds. The number of rotatable bonds is 5. The molecule has 1 aromatic heterocycles. The average Bonchev–Trinajstić information content (AvgIpc) is 2.26. The number of aromatic nitrogens is 2. The van der Waals surface area contributed by atoms with Crippen molar-refractivity contribution in [2.45, 2.75) is 25.9 Å². The van der Waals surface area contributed by atoms with Crippen molar-refractivity contribution < 1.29 is 17.9 Å². The van der Waals surface area contributed by atoms with Crippen molar-refractivity contribution >= 4 is 5.82 Å². The van der Waals surface area contributed by atoms with Gasteiger partial charge in [-0.05, 0) is 0 Å². The molecule has 0 aliphatic heterocycles. The second-order valence-corrected chi connectivity index (χ2v) is 3.32. The molecule has 0 atom stereocenters. The molecule has 1 N–H and O–H groups in total. The van der Waals surface area contributed by atoms with Gasteiger partial charge in [0.15, 0.2) is 0 Å². The molecule has 1 aromatic rings. The predicted molar refractivity (Wildman–Crippen MR) is 57.1 cm³/mol. The number of anilines is 1. The number of alkyl halides is 3. The number of halogens is 3. The number of ether oxygens (including phenoxy) is 1. The topological polar surface area (TPSA) is 47.0 Å². The van der Waals surface area contributed by atoms with E-state index in [2.05, 4.69) is 15.3 Å². The summed E-state index contributed by atoms with van der Waals surface area (Å²) < 4.78 is 40.7. The van der Waals surface area contributed by atoms with Crippen LogP contribution in [0.15, 0.2) is 6.07 Å². The zero-order valence-corrected chi connectivity index (χ0v) is 9.64. The van der Waals surface area contributed by atoms with E-state index in [1.807, 2.05) is 6.92 Å². The summed E-state index contributed by atoms with van der Waals surface area (Å²) in [5, 5.41) is 2.80. The quantitative estimate of drug-likeness (QED) is 0.870. The van der Waals surface area contributed by atoms with Crippen LogP contribution in [0.25, 0.3) is 0 Å². The third-order valence-electron chi connectivity index (χ3n) is 1.96. The second kappa shape index (κ2) is 5.70. The summed E-state index contributed by atoms with van der Waals surface area (Å²) in [6, 6.07) is 1.47. The molecule has 0 radical (unpaired) electrons. The fourth-order valence-corrected chi connectivity index (χ4v) is 1.10. The third-order valence-corrected chi connectivity index (χ3v) is 1.96. The lowest BCUT2D eigenvalue weighted by Gasteiger charge is -2.09. The van der Waals surface area contributed by atoms with Crippen molar-refractivity contribution in [2.75, 3.05) is 19.0 Å². The molecular weight excluding hydrogens is 235 g/mol. The number of nitrogens with one attached hydrogen (secondary N) is 1. The molecule has 1 rings (SSSR count). The molecule has 0 aliphatic carbocycles. The van der Waals surface area contributed by atoms with E-state index in [0.717, 1.165) is 0 Å². The van der Waals surface area contributed by atoms with Crippen LogP contribution in [0.5, 0.6) is 5.88 Å². The first-order valence-electron chi connectivity index (χ1n) is 5.20. The summed E-state index contributed by atoms with van der Waals surface area (Å²) >= 11 is 0. The van der Waals surface area contributed by atoms with Crippen molar-refractivity contribution in [3.63, 3.8) is 0 Å². The third kappa shape index (κ3) is 4.88. The Bertz CT molecular complexity index is 346. The van der Waals surface area contributed by atoms with Gasteiger partial charge in [-0.3, -0.25) is 0 Å². The van der Waals surface area contributed by atoms with Gasteiger partial charge in [-0.2, -0.15) is 18.2 Å². The van der Waals surface area contributed by atoms with Crippen LogP contribution in [0.3, 0.4) is 0 Å². The molecule has 0 unspecified atom stereocenters. The van der Waals surface area contributed by atoms with E-state index in [-0.39, 0.29) is 5.88 Å². The van der Waals surface area contributed by atoms with Gasteiger partial charge >= 0.3 is 6.18 Å². The molecule has 0 saturated carbocycles. The zero-order valence-electron chi connectivity index (χ0n) is 9.64. The smallest absolute Gasteiger partial charge is 0.392 e. The van der Waals surface area contributed by atoms with Gasteiger partial charge in [-0.15, -0.1) is 0 Å². The summed E-state index contributed by atoms with van der Waals surface area (Å²) in [5.41, 5.74) is 0. The van der Waals surface area contributed by atoms with Gasteiger partial charge < -0.3 is 10.1 Å². The number of hydrogen-bond acceptors (Lipinski definition) is 4. The van der Waals surface area contributed by atoms with Gasteiger partial charge in [0.05, 0.1) is 13.0 Å². The zero-order chi connectivity index (χ0) is 12.9. The fraction of sp³-hybridized carbons (Fsp3) is 0.600. The average molecular weight is 249 g/mol.